The summed E-state index contributed by atoms with van der Waals surface area (Å²) < 4.78 is 23.3. The molecule has 3 aromatic rings. The summed E-state index contributed by atoms with van der Waals surface area (Å²) in [6.45, 7) is 2.75. The molecule has 44 heavy (non-hydrogen) atoms. The molecule has 3 amide bonds. The number of alkyl carbamates (subject to hydrolysis) is 1. The number of ether oxygens (including phenoxy) is 1. The van der Waals surface area contributed by atoms with Gasteiger partial charge in [-0.05, 0) is 23.5 Å². The van der Waals surface area contributed by atoms with E-state index in [0.717, 1.165) is 11.1 Å². The van der Waals surface area contributed by atoms with Crippen molar-refractivity contribution in [2.75, 3.05) is 13.2 Å². The zero-order valence-electron chi connectivity index (χ0n) is 24.7. The van der Waals surface area contributed by atoms with Crippen LogP contribution in [0.3, 0.4) is 0 Å². The molecule has 2 aromatic carbocycles. The van der Waals surface area contributed by atoms with Crippen LogP contribution in [0.5, 0.6) is 0 Å². The van der Waals surface area contributed by atoms with Crippen molar-refractivity contribution in [1.82, 2.24) is 25.9 Å². The Morgan fingerprint density at radius 2 is 1.52 bits per heavy atom. The SMILES string of the molecule is CC(C)CC(NC(=O)[C@H](Cc1c[nH]cn1)NC(=O)[C@H](Cc1ccccc1)NC(=O)OCc1ccccc1)P(=O)(O)OCCO. The fraction of sp³-hybridized carbons (Fsp3) is 0.400. The number of carbonyl (C=O) groups excluding carboxylic acids is 3. The molecule has 0 aliphatic heterocycles. The van der Waals surface area contributed by atoms with Crippen molar-refractivity contribution >= 4 is 25.5 Å². The van der Waals surface area contributed by atoms with Crippen LogP contribution in [-0.2, 0) is 42.9 Å². The van der Waals surface area contributed by atoms with Gasteiger partial charge in [-0.1, -0.05) is 74.5 Å². The summed E-state index contributed by atoms with van der Waals surface area (Å²) in [5, 5.41) is 16.9. The smallest absolute Gasteiger partial charge is 0.408 e. The Kier molecular flexibility index (Phi) is 13.6. The lowest BCUT2D eigenvalue weighted by Gasteiger charge is -2.28. The summed E-state index contributed by atoms with van der Waals surface area (Å²) in [4.78, 5) is 57.5. The maximum atomic E-state index is 13.7. The second-order valence-electron chi connectivity index (χ2n) is 10.5. The minimum Gasteiger partial charge on any atom is -0.445 e. The Labute approximate surface area is 256 Å². The highest BCUT2D eigenvalue weighted by atomic mass is 31.2. The summed E-state index contributed by atoms with van der Waals surface area (Å²) in [6, 6.07) is 15.7. The Hall–Kier alpha value is -4.03. The third-order valence-electron chi connectivity index (χ3n) is 6.47. The third-order valence-corrected chi connectivity index (χ3v) is 8.15. The quantitative estimate of drug-likeness (QED) is 0.122. The number of aliphatic hydroxyl groups is 1. The molecule has 3 rings (SSSR count). The van der Waals surface area contributed by atoms with Gasteiger partial charge < -0.3 is 40.2 Å². The van der Waals surface area contributed by atoms with E-state index in [1.54, 1.807) is 42.6 Å². The monoisotopic (exact) mass is 629 g/mol. The van der Waals surface area contributed by atoms with Gasteiger partial charge in [-0.3, -0.25) is 14.2 Å². The van der Waals surface area contributed by atoms with E-state index in [9.17, 15) is 23.8 Å². The number of nitrogens with one attached hydrogen (secondary N) is 4. The lowest BCUT2D eigenvalue weighted by atomic mass is 10.0. The molecular formula is C30H40N5O8P. The van der Waals surface area contributed by atoms with Crippen molar-refractivity contribution < 1.29 is 38.2 Å². The lowest BCUT2D eigenvalue weighted by molar-refractivity contribution is -0.130. The predicted octanol–water partition coefficient (Wildman–Crippen LogP) is 2.66. The number of carbonyl (C=O) groups is 3. The molecule has 2 unspecified atom stereocenters. The number of rotatable bonds is 17. The number of aliphatic hydroxyl groups excluding tert-OH is 1. The molecule has 0 spiro atoms. The molecule has 238 valence electrons. The summed E-state index contributed by atoms with van der Waals surface area (Å²) in [5.74, 6) is -2.82. The molecule has 14 heteroatoms. The van der Waals surface area contributed by atoms with Gasteiger partial charge in [0.25, 0.3) is 0 Å². The van der Waals surface area contributed by atoms with E-state index >= 15 is 0 Å². The number of benzene rings is 2. The maximum Gasteiger partial charge on any atom is 0.408 e. The number of aromatic amines is 1. The normalized spacial score (nSPS) is 14.6. The second-order valence-corrected chi connectivity index (χ2v) is 12.6. The van der Waals surface area contributed by atoms with Crippen LogP contribution in [0, 0.1) is 5.92 Å². The first kappa shape index (κ1) is 34.5. The first-order valence-electron chi connectivity index (χ1n) is 14.2. The highest BCUT2D eigenvalue weighted by molar-refractivity contribution is 7.53. The maximum absolute atomic E-state index is 13.7. The fourth-order valence-electron chi connectivity index (χ4n) is 4.31. The van der Waals surface area contributed by atoms with Gasteiger partial charge in [-0.15, -0.1) is 0 Å². The molecule has 13 nitrogen and oxygen atoms in total. The van der Waals surface area contributed by atoms with Crippen molar-refractivity contribution in [3.8, 4) is 0 Å². The van der Waals surface area contributed by atoms with Crippen LogP contribution in [0.1, 0.15) is 37.1 Å². The van der Waals surface area contributed by atoms with Crippen LogP contribution in [0.4, 0.5) is 4.79 Å². The summed E-state index contributed by atoms with van der Waals surface area (Å²) in [5.41, 5.74) is 1.97. The van der Waals surface area contributed by atoms with Crippen LogP contribution in [0.15, 0.2) is 73.2 Å². The molecule has 0 saturated heterocycles. The Bertz CT molecular complexity index is 1360. The van der Waals surface area contributed by atoms with Crippen molar-refractivity contribution in [2.24, 2.45) is 5.92 Å². The molecule has 0 radical (unpaired) electrons. The first-order valence-corrected chi connectivity index (χ1v) is 15.9. The van der Waals surface area contributed by atoms with Crippen molar-refractivity contribution in [2.45, 2.75) is 57.6 Å². The second kappa shape index (κ2) is 17.3. The van der Waals surface area contributed by atoms with E-state index in [1.165, 1.54) is 6.33 Å². The van der Waals surface area contributed by atoms with Gasteiger partial charge in [0, 0.05) is 19.0 Å². The molecule has 0 fully saturated rings. The molecule has 6 N–H and O–H groups in total. The van der Waals surface area contributed by atoms with E-state index < -0.39 is 50.0 Å². The zero-order chi connectivity index (χ0) is 32.0. The van der Waals surface area contributed by atoms with Crippen LogP contribution in [0.25, 0.3) is 0 Å². The highest BCUT2D eigenvalue weighted by Gasteiger charge is 2.37. The number of hydrogen-bond acceptors (Lipinski definition) is 8. The van der Waals surface area contributed by atoms with Gasteiger partial charge in [0.15, 0.2) is 0 Å². The number of nitrogens with zero attached hydrogens (tertiary/aromatic N) is 1. The topological polar surface area (TPSA) is 192 Å². The van der Waals surface area contributed by atoms with E-state index in [4.69, 9.17) is 14.4 Å². The van der Waals surface area contributed by atoms with Crippen LogP contribution in [0.2, 0.25) is 0 Å². The molecular weight excluding hydrogens is 589 g/mol. The van der Waals surface area contributed by atoms with E-state index in [1.807, 2.05) is 38.1 Å². The van der Waals surface area contributed by atoms with Crippen LogP contribution >= 0.6 is 7.60 Å². The summed E-state index contributed by atoms with van der Waals surface area (Å²) in [6.07, 6.45) is 2.29. The number of H-pyrrole nitrogens is 1. The number of amides is 3. The Morgan fingerprint density at radius 3 is 2.11 bits per heavy atom. The Balaban J connectivity index is 1.80. The van der Waals surface area contributed by atoms with Crippen LogP contribution in [-0.4, -0.2) is 69.0 Å². The average molecular weight is 630 g/mol. The zero-order valence-corrected chi connectivity index (χ0v) is 25.6. The molecule has 1 aromatic heterocycles. The third kappa shape index (κ3) is 11.6. The molecule has 0 aliphatic carbocycles. The Morgan fingerprint density at radius 1 is 0.909 bits per heavy atom. The number of aromatic nitrogens is 2. The molecule has 0 saturated carbocycles. The van der Waals surface area contributed by atoms with Gasteiger partial charge >= 0.3 is 13.7 Å². The summed E-state index contributed by atoms with van der Waals surface area (Å²) in [7, 11) is -4.39. The minimum atomic E-state index is -4.39. The van der Waals surface area contributed by atoms with E-state index in [2.05, 4.69) is 25.9 Å². The predicted molar refractivity (Wildman–Crippen MR) is 162 cm³/mol. The van der Waals surface area contributed by atoms with Gasteiger partial charge in [0.1, 0.15) is 24.5 Å². The average Bonchev–Trinajstić information content (AvgIpc) is 3.52. The van der Waals surface area contributed by atoms with Gasteiger partial charge in [0.05, 0.1) is 25.2 Å². The molecule has 4 atom stereocenters. The minimum absolute atomic E-state index is 0.00660. The van der Waals surface area contributed by atoms with E-state index in [0.29, 0.717) is 5.69 Å². The van der Waals surface area contributed by atoms with Gasteiger partial charge in [-0.25, -0.2) is 9.78 Å². The van der Waals surface area contributed by atoms with E-state index in [-0.39, 0.29) is 38.4 Å². The molecule has 1 heterocycles. The van der Waals surface area contributed by atoms with Crippen LogP contribution < -0.4 is 16.0 Å². The molecule has 0 aliphatic rings. The van der Waals surface area contributed by atoms with Gasteiger partial charge in [-0.2, -0.15) is 0 Å². The van der Waals surface area contributed by atoms with Crippen molar-refractivity contribution in [3.05, 3.63) is 90.0 Å². The number of hydrogen-bond donors (Lipinski definition) is 6. The van der Waals surface area contributed by atoms with Gasteiger partial charge in [0.2, 0.25) is 11.8 Å². The lowest BCUT2D eigenvalue weighted by Crippen LogP contribution is -2.56. The standard InChI is InChI=1S/C30H40N5O8P/c1-21(2)15-27(44(40,41)43-14-13-36)35-29(38)26(17-24-18-31-20-32-24)33-28(37)25(16-22-9-5-3-6-10-22)34-30(39)42-19-23-11-7-4-8-12-23/h3-12,18,20-21,25-27,36H,13-17,19H2,1-2H3,(H,31,32)(H,33,37)(H,34,39)(H,35,38)(H,40,41)/t25-,26-,27?/m0/s1. The van der Waals surface area contributed by atoms with Crippen molar-refractivity contribution in [3.63, 3.8) is 0 Å². The fourth-order valence-corrected chi connectivity index (χ4v) is 5.81. The molecule has 0 bridgehead atoms. The highest BCUT2D eigenvalue weighted by Crippen LogP contribution is 2.48. The first-order chi connectivity index (χ1) is 21.1. The van der Waals surface area contributed by atoms with Crippen molar-refractivity contribution in [1.29, 1.82) is 0 Å². The number of imidazole rings is 1. The largest absolute Gasteiger partial charge is 0.445 e. The summed E-state index contributed by atoms with van der Waals surface area (Å²) >= 11 is 0.